The van der Waals surface area contributed by atoms with E-state index < -0.39 is 16.0 Å². The molecule has 2 N–H and O–H groups in total. The molecule has 0 bridgehead atoms. The van der Waals surface area contributed by atoms with E-state index in [0.717, 1.165) is 6.42 Å². The third kappa shape index (κ3) is 4.26. The number of carbonyl (C=O) groups is 1. The SMILES string of the molecule is CCn1cc(S(=O)(=O)NCCC(C)SC)cc1C(=O)O. The minimum atomic E-state index is -3.65. The highest BCUT2D eigenvalue weighted by molar-refractivity contribution is 7.99. The Morgan fingerprint density at radius 1 is 1.55 bits per heavy atom. The van der Waals surface area contributed by atoms with E-state index in [1.807, 2.05) is 13.2 Å². The van der Waals surface area contributed by atoms with Crippen LogP contribution in [-0.2, 0) is 16.6 Å². The van der Waals surface area contributed by atoms with E-state index >= 15 is 0 Å². The highest BCUT2D eigenvalue weighted by atomic mass is 32.2. The molecule has 0 saturated carbocycles. The fourth-order valence-electron chi connectivity index (χ4n) is 1.67. The van der Waals surface area contributed by atoms with E-state index in [2.05, 4.69) is 4.72 Å². The van der Waals surface area contributed by atoms with Gasteiger partial charge in [-0.1, -0.05) is 6.92 Å². The molecule has 0 saturated heterocycles. The van der Waals surface area contributed by atoms with Crippen LogP contribution >= 0.6 is 11.8 Å². The number of rotatable bonds is 8. The summed E-state index contributed by atoms with van der Waals surface area (Å²) in [6, 6.07) is 1.19. The van der Waals surface area contributed by atoms with Crippen LogP contribution in [-0.4, -0.2) is 42.1 Å². The molecule has 0 radical (unpaired) electrons. The van der Waals surface area contributed by atoms with Gasteiger partial charge in [0, 0.05) is 24.5 Å². The van der Waals surface area contributed by atoms with Gasteiger partial charge >= 0.3 is 5.97 Å². The zero-order valence-electron chi connectivity index (χ0n) is 11.8. The number of hydrogen-bond donors (Lipinski definition) is 2. The predicted octanol–water partition coefficient (Wildman–Crippen LogP) is 1.63. The monoisotopic (exact) mass is 320 g/mol. The fraction of sp³-hybridized carbons (Fsp3) is 0.583. The van der Waals surface area contributed by atoms with Crippen molar-refractivity contribution >= 4 is 27.8 Å². The van der Waals surface area contributed by atoms with Crippen LogP contribution in [0.1, 0.15) is 30.8 Å². The highest BCUT2D eigenvalue weighted by Gasteiger charge is 2.20. The first-order valence-electron chi connectivity index (χ1n) is 6.27. The lowest BCUT2D eigenvalue weighted by Crippen LogP contribution is -2.26. The molecular weight excluding hydrogens is 300 g/mol. The van der Waals surface area contributed by atoms with Crippen LogP contribution in [0.2, 0.25) is 0 Å². The number of hydrogen-bond acceptors (Lipinski definition) is 4. The topological polar surface area (TPSA) is 88.4 Å². The van der Waals surface area contributed by atoms with Crippen molar-refractivity contribution in [3.63, 3.8) is 0 Å². The highest BCUT2D eigenvalue weighted by Crippen LogP contribution is 2.15. The molecule has 6 nitrogen and oxygen atoms in total. The van der Waals surface area contributed by atoms with Gasteiger partial charge in [0.15, 0.2) is 0 Å². The first-order valence-corrected chi connectivity index (χ1v) is 9.04. The molecule has 0 fully saturated rings. The Balaban J connectivity index is 2.85. The molecule has 1 unspecified atom stereocenters. The Bertz CT molecular complexity index is 566. The second kappa shape index (κ2) is 7.14. The van der Waals surface area contributed by atoms with Gasteiger partial charge in [-0.3, -0.25) is 0 Å². The van der Waals surface area contributed by atoms with Crippen LogP contribution in [0, 0.1) is 0 Å². The van der Waals surface area contributed by atoms with Crippen molar-refractivity contribution in [3.05, 3.63) is 18.0 Å². The Morgan fingerprint density at radius 2 is 2.20 bits per heavy atom. The number of sulfonamides is 1. The largest absolute Gasteiger partial charge is 0.477 e. The number of nitrogens with one attached hydrogen (secondary N) is 1. The molecule has 0 spiro atoms. The first-order chi connectivity index (χ1) is 9.31. The molecule has 0 aliphatic carbocycles. The van der Waals surface area contributed by atoms with Crippen molar-refractivity contribution in [1.29, 1.82) is 0 Å². The van der Waals surface area contributed by atoms with Gasteiger partial charge in [-0.2, -0.15) is 11.8 Å². The lowest BCUT2D eigenvalue weighted by Gasteiger charge is -2.08. The molecule has 1 aromatic heterocycles. The van der Waals surface area contributed by atoms with E-state index in [1.165, 1.54) is 16.8 Å². The van der Waals surface area contributed by atoms with Gasteiger partial charge in [-0.05, 0) is 25.7 Å². The standard InChI is InChI=1S/C12H20N2O4S2/c1-4-14-8-10(7-11(14)12(15)16)20(17,18)13-6-5-9(2)19-3/h7-9,13H,4-6H2,1-3H3,(H,15,16). The zero-order chi connectivity index (χ0) is 15.3. The lowest BCUT2D eigenvalue weighted by molar-refractivity contribution is 0.0685. The number of aryl methyl sites for hydroxylation is 1. The Hall–Kier alpha value is -0.990. The summed E-state index contributed by atoms with van der Waals surface area (Å²) in [5, 5.41) is 9.39. The van der Waals surface area contributed by atoms with Crippen molar-refractivity contribution in [3.8, 4) is 0 Å². The molecule has 20 heavy (non-hydrogen) atoms. The van der Waals surface area contributed by atoms with Crippen LogP contribution in [0.5, 0.6) is 0 Å². The summed E-state index contributed by atoms with van der Waals surface area (Å²) in [5.41, 5.74) is -0.0228. The third-order valence-electron chi connectivity index (χ3n) is 2.99. The third-order valence-corrected chi connectivity index (χ3v) is 5.46. The van der Waals surface area contributed by atoms with E-state index in [4.69, 9.17) is 5.11 Å². The van der Waals surface area contributed by atoms with Gasteiger partial charge in [0.1, 0.15) is 10.6 Å². The maximum atomic E-state index is 12.1. The lowest BCUT2D eigenvalue weighted by atomic mass is 10.3. The molecule has 1 rings (SSSR count). The van der Waals surface area contributed by atoms with Gasteiger partial charge in [-0.25, -0.2) is 17.9 Å². The smallest absolute Gasteiger partial charge is 0.352 e. The fourth-order valence-corrected chi connectivity index (χ4v) is 3.11. The maximum Gasteiger partial charge on any atom is 0.352 e. The molecule has 8 heteroatoms. The van der Waals surface area contributed by atoms with Crippen LogP contribution in [0.3, 0.4) is 0 Å². The zero-order valence-corrected chi connectivity index (χ0v) is 13.4. The van der Waals surface area contributed by atoms with E-state index in [-0.39, 0.29) is 10.6 Å². The molecular formula is C12H20N2O4S2. The van der Waals surface area contributed by atoms with Crippen molar-refractivity contribution in [2.75, 3.05) is 12.8 Å². The van der Waals surface area contributed by atoms with Crippen molar-refractivity contribution < 1.29 is 18.3 Å². The van der Waals surface area contributed by atoms with E-state index in [0.29, 0.717) is 18.3 Å². The number of aromatic carboxylic acids is 1. The van der Waals surface area contributed by atoms with Gasteiger partial charge in [-0.15, -0.1) is 0 Å². The van der Waals surface area contributed by atoms with Crippen molar-refractivity contribution in [2.24, 2.45) is 0 Å². The van der Waals surface area contributed by atoms with E-state index in [1.54, 1.807) is 18.7 Å². The minimum Gasteiger partial charge on any atom is -0.477 e. The number of carboxylic acid groups (broad SMARTS) is 1. The Labute approximate surface area is 123 Å². The number of nitrogens with zero attached hydrogens (tertiary/aromatic N) is 1. The summed E-state index contributed by atoms with van der Waals surface area (Å²) in [5.74, 6) is -1.13. The van der Waals surface area contributed by atoms with Crippen molar-refractivity contribution in [2.45, 2.75) is 37.0 Å². The molecule has 1 atom stereocenters. The van der Waals surface area contributed by atoms with Crippen LogP contribution in [0.25, 0.3) is 0 Å². The molecule has 0 amide bonds. The molecule has 0 aliphatic rings. The summed E-state index contributed by atoms with van der Waals surface area (Å²) in [4.78, 5) is 11.0. The summed E-state index contributed by atoms with van der Waals surface area (Å²) < 4.78 is 28.1. The summed E-state index contributed by atoms with van der Waals surface area (Å²) in [6.45, 7) is 4.52. The number of aromatic nitrogens is 1. The predicted molar refractivity (Wildman–Crippen MR) is 79.8 cm³/mol. The second-order valence-corrected chi connectivity index (χ2v) is 7.43. The average molecular weight is 320 g/mol. The molecule has 114 valence electrons. The average Bonchev–Trinajstić information content (AvgIpc) is 2.83. The van der Waals surface area contributed by atoms with Crippen molar-refractivity contribution in [1.82, 2.24) is 9.29 Å². The van der Waals surface area contributed by atoms with Crippen LogP contribution < -0.4 is 4.72 Å². The Kier molecular flexibility index (Phi) is 6.09. The quantitative estimate of drug-likeness (QED) is 0.760. The minimum absolute atomic E-state index is 0.00597. The molecule has 1 aromatic rings. The maximum absolute atomic E-state index is 12.1. The molecule has 0 aromatic carbocycles. The summed E-state index contributed by atoms with van der Waals surface area (Å²) in [7, 11) is -3.65. The van der Waals surface area contributed by atoms with E-state index in [9.17, 15) is 13.2 Å². The number of thioether (sulfide) groups is 1. The van der Waals surface area contributed by atoms with Crippen LogP contribution in [0.4, 0.5) is 0 Å². The first kappa shape index (κ1) is 17.1. The molecule has 0 aliphatic heterocycles. The summed E-state index contributed by atoms with van der Waals surface area (Å²) >= 11 is 1.67. The van der Waals surface area contributed by atoms with Crippen LogP contribution in [0.15, 0.2) is 17.2 Å². The normalized spacial score (nSPS) is 13.3. The second-order valence-electron chi connectivity index (χ2n) is 4.38. The van der Waals surface area contributed by atoms with Gasteiger partial charge in [0.05, 0.1) is 0 Å². The Morgan fingerprint density at radius 3 is 2.65 bits per heavy atom. The van der Waals surface area contributed by atoms with Gasteiger partial charge in [0.25, 0.3) is 0 Å². The van der Waals surface area contributed by atoms with Gasteiger partial charge < -0.3 is 9.67 Å². The summed E-state index contributed by atoms with van der Waals surface area (Å²) in [6.07, 6.45) is 4.05. The number of carboxylic acids is 1. The van der Waals surface area contributed by atoms with Gasteiger partial charge in [0.2, 0.25) is 10.0 Å². The molecule has 1 heterocycles.